The quantitative estimate of drug-likeness (QED) is 0.369. The summed E-state index contributed by atoms with van der Waals surface area (Å²) in [5, 5.41) is 0. The molecule has 5 atom stereocenters. The Morgan fingerprint density at radius 3 is 1.89 bits per heavy atom. The van der Waals surface area contributed by atoms with E-state index in [0.29, 0.717) is 13.2 Å². The molecule has 0 aromatic heterocycles. The number of carbonyl (C=O) groups is 2. The highest BCUT2D eigenvalue weighted by Gasteiger charge is 2.50. The van der Waals surface area contributed by atoms with Crippen LogP contribution in [0.5, 0.6) is 0 Å². The minimum Gasteiger partial charge on any atom is -0.463 e. The second-order valence-corrected chi connectivity index (χ2v) is 11.3. The highest BCUT2D eigenvalue weighted by molar-refractivity contribution is 7.99. The van der Waals surface area contributed by atoms with Gasteiger partial charge in [-0.3, -0.25) is 9.59 Å². The second kappa shape index (κ2) is 14.0. The Morgan fingerprint density at radius 1 is 0.865 bits per heavy atom. The van der Waals surface area contributed by atoms with Crippen molar-refractivity contribution in [1.29, 1.82) is 0 Å². The average Bonchev–Trinajstić information content (AvgIpc) is 2.87. The topological polar surface area (TPSA) is 80.3 Å². The molecule has 0 radical (unpaired) electrons. The average molecular weight is 531 g/mol. The van der Waals surface area contributed by atoms with Crippen LogP contribution in [0.15, 0.2) is 60.7 Å². The van der Waals surface area contributed by atoms with E-state index in [0.717, 1.165) is 16.9 Å². The molecule has 202 valence electrons. The Balaban J connectivity index is 1.95. The summed E-state index contributed by atoms with van der Waals surface area (Å²) in [6.45, 7) is 9.40. The van der Waals surface area contributed by atoms with Crippen LogP contribution >= 0.6 is 11.8 Å². The molecular weight excluding hydrogens is 492 g/mol. The summed E-state index contributed by atoms with van der Waals surface area (Å²) < 4.78 is 30.7. The van der Waals surface area contributed by atoms with Crippen LogP contribution < -0.4 is 0 Å². The third kappa shape index (κ3) is 8.85. The number of hydrogen-bond acceptors (Lipinski definition) is 8. The van der Waals surface area contributed by atoms with Crippen molar-refractivity contribution in [2.24, 2.45) is 5.41 Å². The molecule has 0 saturated carbocycles. The van der Waals surface area contributed by atoms with Crippen LogP contribution in [0, 0.1) is 5.41 Å². The maximum Gasteiger partial charge on any atom is 0.311 e. The lowest BCUT2D eigenvalue weighted by molar-refractivity contribution is -0.250. The first-order valence-corrected chi connectivity index (χ1v) is 13.7. The number of ether oxygens (including phenoxy) is 5. The van der Waals surface area contributed by atoms with Crippen molar-refractivity contribution in [3.63, 3.8) is 0 Å². The first kappa shape index (κ1) is 29.2. The predicted molar refractivity (Wildman–Crippen MR) is 143 cm³/mol. The molecule has 1 aliphatic heterocycles. The van der Waals surface area contributed by atoms with E-state index < -0.39 is 41.2 Å². The normalized spacial score (nSPS) is 23.9. The summed E-state index contributed by atoms with van der Waals surface area (Å²) in [6, 6.07) is 19.6. The van der Waals surface area contributed by atoms with Gasteiger partial charge < -0.3 is 23.7 Å². The summed E-state index contributed by atoms with van der Waals surface area (Å²) in [5.74, 6) is -0.0281. The lowest BCUT2D eigenvalue weighted by Gasteiger charge is -2.45. The summed E-state index contributed by atoms with van der Waals surface area (Å²) in [5.41, 5.74) is 0.728. The predicted octanol–water partition coefficient (Wildman–Crippen LogP) is 5.16. The summed E-state index contributed by atoms with van der Waals surface area (Å²) in [6.07, 6.45) is -2.65. The van der Waals surface area contributed by atoms with Gasteiger partial charge in [0.2, 0.25) is 0 Å². The first-order chi connectivity index (χ1) is 17.7. The van der Waals surface area contributed by atoms with Crippen molar-refractivity contribution in [3.05, 3.63) is 71.8 Å². The molecule has 0 aliphatic carbocycles. The molecule has 0 bridgehead atoms. The molecule has 2 unspecified atom stereocenters. The molecule has 1 aliphatic rings. The van der Waals surface area contributed by atoms with E-state index >= 15 is 0 Å². The van der Waals surface area contributed by atoms with Crippen molar-refractivity contribution in [3.8, 4) is 0 Å². The van der Waals surface area contributed by atoms with E-state index in [-0.39, 0.29) is 12.6 Å². The molecule has 1 saturated heterocycles. The van der Waals surface area contributed by atoms with Gasteiger partial charge in [-0.25, -0.2) is 0 Å². The molecule has 37 heavy (non-hydrogen) atoms. The monoisotopic (exact) mass is 530 g/mol. The molecule has 3 rings (SSSR count). The largest absolute Gasteiger partial charge is 0.463 e. The minimum absolute atomic E-state index is 0.000693. The first-order valence-electron chi connectivity index (χ1n) is 12.6. The highest BCUT2D eigenvalue weighted by atomic mass is 32.2. The van der Waals surface area contributed by atoms with Gasteiger partial charge in [0.15, 0.2) is 6.10 Å². The molecule has 1 heterocycles. The maximum atomic E-state index is 13.0. The molecule has 7 nitrogen and oxygen atoms in total. The summed E-state index contributed by atoms with van der Waals surface area (Å²) >= 11 is 1.52. The van der Waals surface area contributed by atoms with Crippen LogP contribution in [0.3, 0.4) is 0 Å². The number of thioether (sulfide) groups is 1. The van der Waals surface area contributed by atoms with Gasteiger partial charge in [-0.2, -0.15) is 0 Å². The van der Waals surface area contributed by atoms with Crippen molar-refractivity contribution in [2.45, 2.75) is 77.7 Å². The number of rotatable bonds is 11. The van der Waals surface area contributed by atoms with E-state index in [9.17, 15) is 9.59 Å². The van der Waals surface area contributed by atoms with E-state index in [4.69, 9.17) is 23.7 Å². The Hall–Kier alpha value is -2.39. The van der Waals surface area contributed by atoms with Crippen LogP contribution in [0.1, 0.15) is 45.7 Å². The van der Waals surface area contributed by atoms with Gasteiger partial charge in [-0.05, 0) is 37.7 Å². The smallest absolute Gasteiger partial charge is 0.311 e. The highest BCUT2D eigenvalue weighted by Crippen LogP contribution is 2.36. The maximum absolute atomic E-state index is 13.0. The Kier molecular flexibility index (Phi) is 11.0. The SMILES string of the molecule is CCS[C@@H]1OC(COC(C)=O)[C@H](OCc2ccccc2)[C@H](OCc2ccccc2)C1OC(=O)C(C)(C)C. The van der Waals surface area contributed by atoms with E-state index in [1.54, 1.807) is 0 Å². The lowest BCUT2D eigenvalue weighted by Crippen LogP contribution is -2.61. The van der Waals surface area contributed by atoms with Crippen molar-refractivity contribution >= 4 is 23.7 Å². The van der Waals surface area contributed by atoms with Crippen molar-refractivity contribution in [1.82, 2.24) is 0 Å². The third-order valence-corrected chi connectivity index (χ3v) is 6.84. The fourth-order valence-corrected chi connectivity index (χ4v) is 4.81. The molecule has 2 aromatic rings. The lowest BCUT2D eigenvalue weighted by atomic mass is 9.95. The number of hydrogen-bond donors (Lipinski definition) is 0. The van der Waals surface area contributed by atoms with E-state index in [2.05, 4.69) is 0 Å². The number of benzene rings is 2. The summed E-state index contributed by atoms with van der Waals surface area (Å²) in [7, 11) is 0. The molecule has 2 aromatic carbocycles. The second-order valence-electron chi connectivity index (χ2n) is 9.94. The molecule has 0 spiro atoms. The van der Waals surface area contributed by atoms with Crippen LogP contribution in [-0.4, -0.2) is 54.2 Å². The fraction of sp³-hybridized carbons (Fsp3) is 0.517. The van der Waals surface area contributed by atoms with Crippen LogP contribution in [0.4, 0.5) is 0 Å². The summed E-state index contributed by atoms with van der Waals surface area (Å²) in [4.78, 5) is 24.7. The zero-order chi connectivity index (χ0) is 26.8. The zero-order valence-electron chi connectivity index (χ0n) is 22.3. The van der Waals surface area contributed by atoms with Gasteiger partial charge in [0.05, 0.1) is 18.6 Å². The van der Waals surface area contributed by atoms with Gasteiger partial charge >= 0.3 is 11.9 Å². The van der Waals surface area contributed by atoms with Gasteiger partial charge in [-0.1, -0.05) is 67.6 Å². The molecule has 0 amide bonds. The van der Waals surface area contributed by atoms with Crippen molar-refractivity contribution in [2.75, 3.05) is 12.4 Å². The molecular formula is C29H38O7S. The number of carbonyl (C=O) groups excluding carboxylic acids is 2. The molecule has 1 fully saturated rings. The van der Waals surface area contributed by atoms with Gasteiger partial charge in [0, 0.05) is 6.92 Å². The molecule has 8 heteroatoms. The standard InChI is InChI=1S/C29H38O7S/c1-6-37-27-26(36-28(31)29(3,4)5)25(34-18-22-15-11-8-12-16-22)24(23(35-27)19-32-20(2)30)33-17-21-13-9-7-10-14-21/h7-16,23-27H,6,17-19H2,1-5H3/t23?,24-,25-,26?,27-/m0/s1. The van der Waals surface area contributed by atoms with E-state index in [1.165, 1.54) is 18.7 Å². The Labute approximate surface area is 224 Å². The fourth-order valence-electron chi connectivity index (χ4n) is 3.86. The van der Waals surface area contributed by atoms with E-state index in [1.807, 2.05) is 88.4 Å². The number of esters is 2. The Bertz CT molecular complexity index is 977. The molecule has 0 N–H and O–H groups in total. The van der Waals surface area contributed by atoms with Crippen molar-refractivity contribution < 1.29 is 33.3 Å². The third-order valence-electron chi connectivity index (χ3n) is 5.80. The van der Waals surface area contributed by atoms with Gasteiger partial charge in [0.25, 0.3) is 0 Å². The Morgan fingerprint density at radius 2 is 1.41 bits per heavy atom. The van der Waals surface area contributed by atoms with Gasteiger partial charge in [0.1, 0.15) is 30.4 Å². The van der Waals surface area contributed by atoms with Crippen LogP contribution in [-0.2, 0) is 46.5 Å². The minimum atomic E-state index is -0.727. The van der Waals surface area contributed by atoms with Gasteiger partial charge in [-0.15, -0.1) is 11.8 Å². The van der Waals surface area contributed by atoms with Crippen LogP contribution in [0.2, 0.25) is 0 Å². The zero-order valence-corrected chi connectivity index (χ0v) is 23.1. The van der Waals surface area contributed by atoms with Crippen LogP contribution in [0.25, 0.3) is 0 Å².